The molecule has 0 aliphatic rings. The van der Waals surface area contributed by atoms with Crippen molar-refractivity contribution >= 4 is 34.4 Å². The van der Waals surface area contributed by atoms with Gasteiger partial charge in [-0.3, -0.25) is 4.98 Å². The van der Waals surface area contributed by atoms with E-state index < -0.39 is 0 Å². The number of hydrogen-bond acceptors (Lipinski definition) is 3. The van der Waals surface area contributed by atoms with Gasteiger partial charge in [-0.1, -0.05) is 12.1 Å². The van der Waals surface area contributed by atoms with Crippen molar-refractivity contribution in [2.75, 3.05) is 11.6 Å². The van der Waals surface area contributed by atoms with Gasteiger partial charge >= 0.3 is 0 Å². The molecular weight excluding hydrogens is 216 g/mol. The summed E-state index contributed by atoms with van der Waals surface area (Å²) in [5.41, 5.74) is 1.87. The summed E-state index contributed by atoms with van der Waals surface area (Å²) in [5, 5.41) is 0.935. The van der Waals surface area contributed by atoms with Crippen LogP contribution in [0.15, 0.2) is 35.5 Å². The van der Waals surface area contributed by atoms with Crippen LogP contribution >= 0.6 is 23.4 Å². The van der Waals surface area contributed by atoms with Gasteiger partial charge in [0.25, 0.3) is 0 Å². The van der Waals surface area contributed by atoms with Gasteiger partial charge in [0.15, 0.2) is 0 Å². The molecule has 0 unspecified atom stereocenters. The highest BCUT2D eigenvalue weighted by Gasteiger charge is 1.98. The minimum Gasteiger partial charge on any atom is -0.252 e. The quantitative estimate of drug-likeness (QED) is 0.592. The lowest BCUT2D eigenvalue weighted by atomic mass is 10.3. The minimum absolute atomic E-state index is 0.638. The number of hydrogen-bond donors (Lipinski definition) is 0. The van der Waals surface area contributed by atoms with E-state index in [-0.39, 0.29) is 0 Å². The maximum Gasteiger partial charge on any atom is 0.115 e. The molecule has 2 aromatic rings. The predicted octanol–water partition coefficient (Wildman–Crippen LogP) is 2.96. The Hall–Kier alpha value is -0.800. The Bertz CT molecular complexity index is 433. The molecule has 0 amide bonds. The van der Waals surface area contributed by atoms with E-state index >= 15 is 0 Å². The average molecular weight is 225 g/mol. The molecule has 0 N–H and O–H groups in total. The van der Waals surface area contributed by atoms with E-state index in [2.05, 4.69) is 9.97 Å². The van der Waals surface area contributed by atoms with Crippen LogP contribution in [0, 0.1) is 0 Å². The number of para-hydroxylation sites is 2. The maximum atomic E-state index is 5.60. The second-order valence-electron chi connectivity index (χ2n) is 2.73. The highest BCUT2D eigenvalue weighted by molar-refractivity contribution is 7.99. The number of fused-ring (bicyclic) bond motifs is 1. The predicted molar refractivity (Wildman–Crippen MR) is 61.0 cm³/mol. The standard InChI is InChI=1S/C10H9ClN2S/c11-5-6-14-10-7-12-8-3-1-2-4-9(8)13-10/h1-4,7H,5-6H2. The van der Waals surface area contributed by atoms with Gasteiger partial charge in [-0.15, -0.1) is 23.4 Å². The first-order chi connectivity index (χ1) is 6.90. The Morgan fingerprint density at radius 2 is 2.00 bits per heavy atom. The van der Waals surface area contributed by atoms with Crippen LogP contribution in [0.5, 0.6) is 0 Å². The third kappa shape index (κ3) is 2.16. The number of halogens is 1. The van der Waals surface area contributed by atoms with E-state index in [4.69, 9.17) is 11.6 Å². The van der Waals surface area contributed by atoms with E-state index in [1.807, 2.05) is 24.3 Å². The van der Waals surface area contributed by atoms with Crippen molar-refractivity contribution in [3.05, 3.63) is 30.5 Å². The van der Waals surface area contributed by atoms with Gasteiger partial charge in [-0.2, -0.15) is 0 Å². The van der Waals surface area contributed by atoms with Crippen molar-refractivity contribution in [3.63, 3.8) is 0 Å². The molecule has 72 valence electrons. The van der Waals surface area contributed by atoms with Crippen LogP contribution < -0.4 is 0 Å². The van der Waals surface area contributed by atoms with E-state index in [0.29, 0.717) is 5.88 Å². The molecule has 0 aliphatic carbocycles. The van der Waals surface area contributed by atoms with Crippen LogP contribution in [0.3, 0.4) is 0 Å². The topological polar surface area (TPSA) is 25.8 Å². The maximum absolute atomic E-state index is 5.60. The third-order valence-electron chi connectivity index (χ3n) is 1.75. The summed E-state index contributed by atoms with van der Waals surface area (Å²) in [6.45, 7) is 0. The molecule has 1 heterocycles. The van der Waals surface area contributed by atoms with Gasteiger partial charge < -0.3 is 0 Å². The molecule has 0 fully saturated rings. The van der Waals surface area contributed by atoms with Crippen LogP contribution in [-0.2, 0) is 0 Å². The van der Waals surface area contributed by atoms with E-state index in [0.717, 1.165) is 21.8 Å². The Labute approximate surface area is 91.7 Å². The fraction of sp³-hybridized carbons (Fsp3) is 0.200. The van der Waals surface area contributed by atoms with E-state index in [1.54, 1.807) is 18.0 Å². The Morgan fingerprint density at radius 3 is 2.79 bits per heavy atom. The molecule has 0 atom stereocenters. The van der Waals surface area contributed by atoms with Gasteiger partial charge in [0, 0.05) is 11.6 Å². The van der Waals surface area contributed by atoms with Crippen LogP contribution in [0.2, 0.25) is 0 Å². The fourth-order valence-electron chi connectivity index (χ4n) is 1.15. The molecule has 1 aromatic heterocycles. The summed E-state index contributed by atoms with van der Waals surface area (Å²) < 4.78 is 0. The van der Waals surface area contributed by atoms with Crippen LogP contribution in [0.4, 0.5) is 0 Å². The Balaban J connectivity index is 2.32. The third-order valence-corrected chi connectivity index (χ3v) is 3.07. The van der Waals surface area contributed by atoms with Crippen molar-refractivity contribution < 1.29 is 0 Å². The zero-order valence-corrected chi connectivity index (χ0v) is 9.05. The number of aromatic nitrogens is 2. The minimum atomic E-state index is 0.638. The number of rotatable bonds is 3. The van der Waals surface area contributed by atoms with Gasteiger partial charge in [-0.05, 0) is 12.1 Å². The van der Waals surface area contributed by atoms with E-state index in [1.165, 1.54) is 0 Å². The highest BCUT2D eigenvalue weighted by atomic mass is 35.5. The molecule has 0 radical (unpaired) electrons. The van der Waals surface area contributed by atoms with Gasteiger partial charge in [0.1, 0.15) is 5.03 Å². The number of alkyl halides is 1. The first-order valence-corrected chi connectivity index (χ1v) is 5.83. The molecule has 0 spiro atoms. The normalized spacial score (nSPS) is 10.6. The molecular formula is C10H9ClN2S. The molecule has 1 aromatic carbocycles. The molecule has 2 rings (SSSR count). The first-order valence-electron chi connectivity index (χ1n) is 4.31. The zero-order chi connectivity index (χ0) is 9.80. The lowest BCUT2D eigenvalue weighted by molar-refractivity contribution is 1.12. The van der Waals surface area contributed by atoms with Gasteiger partial charge in [0.05, 0.1) is 17.2 Å². The summed E-state index contributed by atoms with van der Waals surface area (Å²) in [6.07, 6.45) is 1.79. The molecule has 0 saturated carbocycles. The van der Waals surface area contributed by atoms with Gasteiger partial charge in [-0.25, -0.2) is 4.98 Å². The second kappa shape index (κ2) is 4.62. The van der Waals surface area contributed by atoms with Crippen molar-refractivity contribution in [1.29, 1.82) is 0 Å². The molecule has 0 saturated heterocycles. The fourth-order valence-corrected chi connectivity index (χ4v) is 1.96. The largest absolute Gasteiger partial charge is 0.252 e. The molecule has 0 bridgehead atoms. The number of nitrogens with zero attached hydrogens (tertiary/aromatic N) is 2. The van der Waals surface area contributed by atoms with Crippen molar-refractivity contribution in [2.45, 2.75) is 5.03 Å². The lowest BCUT2D eigenvalue weighted by Crippen LogP contribution is -1.87. The smallest absolute Gasteiger partial charge is 0.115 e. The monoisotopic (exact) mass is 224 g/mol. The summed E-state index contributed by atoms with van der Waals surface area (Å²) in [7, 11) is 0. The summed E-state index contributed by atoms with van der Waals surface area (Å²) in [5.74, 6) is 1.51. The second-order valence-corrected chi connectivity index (χ2v) is 4.23. The Morgan fingerprint density at radius 1 is 1.21 bits per heavy atom. The van der Waals surface area contributed by atoms with E-state index in [9.17, 15) is 0 Å². The van der Waals surface area contributed by atoms with Gasteiger partial charge in [0.2, 0.25) is 0 Å². The van der Waals surface area contributed by atoms with Crippen molar-refractivity contribution in [1.82, 2.24) is 9.97 Å². The lowest BCUT2D eigenvalue weighted by Gasteiger charge is -1.99. The van der Waals surface area contributed by atoms with Crippen LogP contribution in [-0.4, -0.2) is 21.6 Å². The molecule has 4 heteroatoms. The summed E-state index contributed by atoms with van der Waals surface area (Å²) in [4.78, 5) is 8.76. The molecule has 2 nitrogen and oxygen atoms in total. The van der Waals surface area contributed by atoms with Crippen molar-refractivity contribution in [3.8, 4) is 0 Å². The highest BCUT2D eigenvalue weighted by Crippen LogP contribution is 2.17. The molecule has 0 aliphatic heterocycles. The summed E-state index contributed by atoms with van der Waals surface area (Å²) in [6, 6.07) is 7.85. The first kappa shape index (κ1) is 9.74. The summed E-state index contributed by atoms with van der Waals surface area (Å²) >= 11 is 7.23. The number of benzene rings is 1. The van der Waals surface area contributed by atoms with Crippen LogP contribution in [0.1, 0.15) is 0 Å². The van der Waals surface area contributed by atoms with Crippen LogP contribution in [0.25, 0.3) is 11.0 Å². The van der Waals surface area contributed by atoms with Crippen molar-refractivity contribution in [2.24, 2.45) is 0 Å². The molecule has 14 heavy (non-hydrogen) atoms. The number of thioether (sulfide) groups is 1. The zero-order valence-electron chi connectivity index (χ0n) is 7.48. The average Bonchev–Trinajstić information content (AvgIpc) is 2.26. The Kier molecular flexibility index (Phi) is 3.22. The SMILES string of the molecule is ClCCSc1cnc2ccccc2n1.